The van der Waals surface area contributed by atoms with Crippen LogP contribution in [0.4, 0.5) is 0 Å². The van der Waals surface area contributed by atoms with E-state index in [9.17, 15) is 0 Å². The molecule has 24 heavy (non-hydrogen) atoms. The summed E-state index contributed by atoms with van der Waals surface area (Å²) in [7, 11) is 0. The standard InChI is InChI=1S/C22H38N2/c1-2-4-6-21(7-5-3-1)23-8-10-24(11-9-23)22-15-18-12-19(16-22)14-20(13-18)17-22/h18-21H,1-17H2. The Morgan fingerprint density at radius 1 is 0.583 bits per heavy atom. The Bertz CT molecular complexity index is 394. The Morgan fingerprint density at radius 2 is 1.08 bits per heavy atom. The van der Waals surface area contributed by atoms with E-state index in [2.05, 4.69) is 9.80 Å². The van der Waals surface area contributed by atoms with Crippen LogP contribution in [0.1, 0.15) is 83.5 Å². The molecule has 0 spiro atoms. The molecule has 4 bridgehead atoms. The van der Waals surface area contributed by atoms with Gasteiger partial charge in [-0.25, -0.2) is 0 Å². The normalized spacial score (nSPS) is 45.2. The third-order valence-electron chi connectivity index (χ3n) is 8.58. The van der Waals surface area contributed by atoms with Gasteiger partial charge in [0.25, 0.3) is 0 Å². The highest BCUT2D eigenvalue weighted by molar-refractivity contribution is 5.08. The molecule has 6 fully saturated rings. The van der Waals surface area contributed by atoms with Crippen molar-refractivity contribution in [3.63, 3.8) is 0 Å². The summed E-state index contributed by atoms with van der Waals surface area (Å²) < 4.78 is 0. The maximum absolute atomic E-state index is 3.00. The van der Waals surface area contributed by atoms with Crippen LogP contribution < -0.4 is 0 Å². The van der Waals surface area contributed by atoms with Crippen LogP contribution in [0, 0.1) is 17.8 Å². The maximum Gasteiger partial charge on any atom is 0.0218 e. The van der Waals surface area contributed by atoms with Gasteiger partial charge in [0, 0.05) is 37.8 Å². The molecule has 1 heterocycles. The molecule has 0 aromatic heterocycles. The Kier molecular flexibility index (Phi) is 4.42. The molecule has 6 aliphatic rings. The van der Waals surface area contributed by atoms with Crippen molar-refractivity contribution in [2.75, 3.05) is 26.2 Å². The van der Waals surface area contributed by atoms with Crippen molar-refractivity contribution in [1.29, 1.82) is 0 Å². The fraction of sp³-hybridized carbons (Fsp3) is 1.00. The first-order chi connectivity index (χ1) is 11.8. The summed E-state index contributed by atoms with van der Waals surface area (Å²) in [6, 6.07) is 0.920. The average molecular weight is 331 g/mol. The van der Waals surface area contributed by atoms with Gasteiger partial charge < -0.3 is 0 Å². The van der Waals surface area contributed by atoms with Crippen molar-refractivity contribution in [3.8, 4) is 0 Å². The van der Waals surface area contributed by atoms with Gasteiger partial charge in [0.15, 0.2) is 0 Å². The second kappa shape index (κ2) is 6.58. The SMILES string of the molecule is C1CCCC(N2CCN(C34CC5CC(CC(C5)C3)C4)CC2)CCC1. The summed E-state index contributed by atoms with van der Waals surface area (Å²) in [5.74, 6) is 3.29. The third-order valence-corrected chi connectivity index (χ3v) is 8.58. The van der Waals surface area contributed by atoms with E-state index in [4.69, 9.17) is 0 Å². The van der Waals surface area contributed by atoms with Crippen molar-refractivity contribution >= 4 is 0 Å². The molecule has 136 valence electrons. The summed E-state index contributed by atoms with van der Waals surface area (Å²) in [4.78, 5) is 5.89. The molecule has 0 N–H and O–H groups in total. The van der Waals surface area contributed by atoms with E-state index in [-0.39, 0.29) is 0 Å². The zero-order valence-corrected chi connectivity index (χ0v) is 15.7. The van der Waals surface area contributed by atoms with E-state index in [1.165, 1.54) is 71.1 Å². The quantitative estimate of drug-likeness (QED) is 0.725. The van der Waals surface area contributed by atoms with E-state index in [1.807, 2.05) is 0 Å². The summed E-state index contributed by atoms with van der Waals surface area (Å²) in [5.41, 5.74) is 0.655. The highest BCUT2D eigenvalue weighted by Gasteiger charge is 2.53. The van der Waals surface area contributed by atoms with Crippen LogP contribution in [0.25, 0.3) is 0 Å². The molecule has 0 unspecified atom stereocenters. The molecular weight excluding hydrogens is 292 g/mol. The van der Waals surface area contributed by atoms with Crippen molar-refractivity contribution in [2.45, 2.75) is 95.1 Å². The average Bonchev–Trinajstić information content (AvgIpc) is 2.53. The fourth-order valence-electron chi connectivity index (χ4n) is 7.81. The van der Waals surface area contributed by atoms with Crippen LogP contribution in [-0.2, 0) is 0 Å². The van der Waals surface area contributed by atoms with Gasteiger partial charge in [-0.2, -0.15) is 0 Å². The number of hydrogen-bond donors (Lipinski definition) is 0. The first kappa shape index (κ1) is 16.1. The fourth-order valence-corrected chi connectivity index (χ4v) is 7.81. The van der Waals surface area contributed by atoms with Crippen molar-refractivity contribution in [1.82, 2.24) is 9.80 Å². The first-order valence-electron chi connectivity index (χ1n) is 11.3. The van der Waals surface area contributed by atoms with Gasteiger partial charge in [0.2, 0.25) is 0 Å². The molecule has 0 radical (unpaired) electrons. The van der Waals surface area contributed by atoms with Crippen molar-refractivity contribution in [3.05, 3.63) is 0 Å². The van der Waals surface area contributed by atoms with Crippen molar-refractivity contribution in [2.24, 2.45) is 17.8 Å². The monoisotopic (exact) mass is 330 g/mol. The van der Waals surface area contributed by atoms with E-state index in [1.54, 1.807) is 38.5 Å². The zero-order valence-electron chi connectivity index (χ0n) is 15.7. The van der Waals surface area contributed by atoms with Gasteiger partial charge in [0.1, 0.15) is 0 Å². The molecule has 0 atom stereocenters. The largest absolute Gasteiger partial charge is 0.298 e. The predicted molar refractivity (Wildman–Crippen MR) is 100 cm³/mol. The second-order valence-corrected chi connectivity index (χ2v) is 10.2. The molecule has 1 aliphatic heterocycles. The molecule has 0 amide bonds. The maximum atomic E-state index is 3.00. The Hall–Kier alpha value is -0.0800. The van der Waals surface area contributed by atoms with Crippen LogP contribution in [0.2, 0.25) is 0 Å². The van der Waals surface area contributed by atoms with Crippen LogP contribution >= 0.6 is 0 Å². The molecule has 0 aromatic rings. The molecule has 2 nitrogen and oxygen atoms in total. The number of rotatable bonds is 2. The summed E-state index contributed by atoms with van der Waals surface area (Å²) >= 11 is 0. The van der Waals surface area contributed by atoms with Gasteiger partial charge in [0.05, 0.1) is 0 Å². The van der Waals surface area contributed by atoms with Gasteiger partial charge in [-0.1, -0.05) is 32.1 Å². The van der Waals surface area contributed by atoms with Crippen LogP contribution in [0.3, 0.4) is 0 Å². The van der Waals surface area contributed by atoms with E-state index >= 15 is 0 Å². The first-order valence-corrected chi connectivity index (χ1v) is 11.3. The smallest absolute Gasteiger partial charge is 0.0218 e. The van der Waals surface area contributed by atoms with Crippen LogP contribution in [0.15, 0.2) is 0 Å². The molecule has 6 rings (SSSR count). The molecule has 1 saturated heterocycles. The Labute approximate surface area is 149 Å². The minimum absolute atomic E-state index is 0.655. The number of hydrogen-bond acceptors (Lipinski definition) is 2. The topological polar surface area (TPSA) is 6.48 Å². The number of piperazine rings is 1. The van der Waals surface area contributed by atoms with Crippen LogP contribution in [-0.4, -0.2) is 47.6 Å². The lowest BCUT2D eigenvalue weighted by molar-refractivity contribution is -0.104. The van der Waals surface area contributed by atoms with Gasteiger partial charge in [-0.3, -0.25) is 9.80 Å². The summed E-state index contributed by atoms with van der Waals surface area (Å²) in [6.07, 6.45) is 19.8. The van der Waals surface area contributed by atoms with Crippen molar-refractivity contribution < 1.29 is 0 Å². The van der Waals surface area contributed by atoms with Gasteiger partial charge >= 0.3 is 0 Å². The minimum Gasteiger partial charge on any atom is -0.298 e. The number of nitrogens with zero attached hydrogens (tertiary/aromatic N) is 2. The van der Waals surface area contributed by atoms with E-state index in [0.717, 1.165) is 23.8 Å². The zero-order chi connectivity index (χ0) is 16.0. The molecule has 0 aromatic carbocycles. The lowest BCUT2D eigenvalue weighted by Crippen LogP contribution is -2.64. The lowest BCUT2D eigenvalue weighted by Gasteiger charge is -2.62. The third kappa shape index (κ3) is 2.96. The minimum atomic E-state index is 0.655. The highest BCUT2D eigenvalue weighted by atomic mass is 15.3. The Morgan fingerprint density at radius 3 is 1.62 bits per heavy atom. The molecule has 5 saturated carbocycles. The molecular formula is C22H38N2. The van der Waals surface area contributed by atoms with E-state index in [0.29, 0.717) is 5.54 Å². The highest BCUT2D eigenvalue weighted by Crippen LogP contribution is 2.57. The van der Waals surface area contributed by atoms with Gasteiger partial charge in [-0.15, -0.1) is 0 Å². The molecule has 2 heteroatoms. The van der Waals surface area contributed by atoms with E-state index < -0.39 is 0 Å². The molecule has 5 aliphatic carbocycles. The van der Waals surface area contributed by atoms with Gasteiger partial charge in [-0.05, 0) is 69.1 Å². The van der Waals surface area contributed by atoms with Crippen LogP contribution in [0.5, 0.6) is 0 Å². The summed E-state index contributed by atoms with van der Waals surface area (Å²) in [6.45, 7) is 5.49. The predicted octanol–water partition coefficient (Wildman–Crippen LogP) is 4.69. The lowest BCUT2D eigenvalue weighted by atomic mass is 9.52. The second-order valence-electron chi connectivity index (χ2n) is 10.2. The Balaban J connectivity index is 1.21. The summed E-state index contributed by atoms with van der Waals surface area (Å²) in [5, 5.41) is 0.